The number of rotatable bonds is 6. The third-order valence-electron chi connectivity index (χ3n) is 4.87. The van der Waals surface area contributed by atoms with Crippen molar-refractivity contribution in [2.24, 2.45) is 0 Å². The lowest BCUT2D eigenvalue weighted by Crippen LogP contribution is -2.29. The number of fused-ring (bicyclic) bond motifs is 1. The van der Waals surface area contributed by atoms with E-state index in [9.17, 15) is 8.42 Å². The van der Waals surface area contributed by atoms with E-state index in [0.29, 0.717) is 22.0 Å². The van der Waals surface area contributed by atoms with Gasteiger partial charge in [-0.3, -0.25) is 0 Å². The Morgan fingerprint density at radius 3 is 2.46 bits per heavy atom. The van der Waals surface area contributed by atoms with Gasteiger partial charge in [-0.05, 0) is 66.5 Å². The van der Waals surface area contributed by atoms with E-state index in [1.54, 1.807) is 18.2 Å². The summed E-state index contributed by atoms with van der Waals surface area (Å²) in [6.07, 6.45) is 5.32. The molecule has 0 spiro atoms. The number of benzene rings is 2. The molecule has 0 saturated heterocycles. The van der Waals surface area contributed by atoms with Crippen LogP contribution in [0.3, 0.4) is 0 Å². The third-order valence-corrected chi connectivity index (χ3v) is 6.79. The van der Waals surface area contributed by atoms with Crippen molar-refractivity contribution in [3.8, 4) is 0 Å². The summed E-state index contributed by atoms with van der Waals surface area (Å²) in [6.45, 7) is 1.99. The van der Waals surface area contributed by atoms with Crippen LogP contribution in [0.1, 0.15) is 54.5 Å². The highest BCUT2D eigenvalue weighted by molar-refractivity contribution is 7.88. The minimum atomic E-state index is -3.53. The van der Waals surface area contributed by atoms with Gasteiger partial charge in [-0.1, -0.05) is 54.4 Å². The molecular weight excluding hydrogens is 389 g/mol. The number of sulfonamides is 1. The monoisotopic (exact) mass is 411 g/mol. The van der Waals surface area contributed by atoms with Crippen molar-refractivity contribution in [2.45, 2.75) is 50.8 Å². The molecule has 2 aromatic rings. The predicted molar refractivity (Wildman–Crippen MR) is 108 cm³/mol. The number of hydrogen-bond donors (Lipinski definition) is 1. The molecule has 6 heteroatoms. The Hall–Kier alpha value is -1.07. The third kappa shape index (κ3) is 4.80. The van der Waals surface area contributed by atoms with Crippen LogP contribution in [0.4, 0.5) is 0 Å². The molecule has 3 nitrogen and oxygen atoms in total. The first-order valence-corrected chi connectivity index (χ1v) is 11.3. The van der Waals surface area contributed by atoms with E-state index < -0.39 is 10.0 Å². The summed E-state index contributed by atoms with van der Waals surface area (Å²) in [5.41, 5.74) is 4.32. The van der Waals surface area contributed by atoms with Crippen molar-refractivity contribution in [2.75, 3.05) is 0 Å². The molecule has 0 bridgehead atoms. The standard InChI is InChI=1S/C20H23Cl2NO2S/c1-2-20(16-8-7-14-5-3-4-6-15(14)11-16)23-26(24,25)13-17-9-10-18(21)12-19(17)22/h7-12,20,23H,2-6,13H2,1H3. The van der Waals surface area contributed by atoms with Crippen molar-refractivity contribution < 1.29 is 8.42 Å². The normalized spacial score (nSPS) is 15.5. The zero-order chi connectivity index (χ0) is 18.7. The maximum absolute atomic E-state index is 12.7. The summed E-state index contributed by atoms with van der Waals surface area (Å²) < 4.78 is 28.2. The minimum absolute atomic E-state index is 0.162. The zero-order valence-corrected chi connectivity index (χ0v) is 17.1. The van der Waals surface area contributed by atoms with Crippen molar-refractivity contribution in [3.05, 3.63) is 68.7 Å². The van der Waals surface area contributed by atoms with Gasteiger partial charge in [-0.2, -0.15) is 0 Å². The fraction of sp³-hybridized carbons (Fsp3) is 0.400. The molecule has 0 amide bonds. The van der Waals surface area contributed by atoms with Crippen LogP contribution in [0.2, 0.25) is 10.0 Å². The van der Waals surface area contributed by atoms with Gasteiger partial charge in [0.1, 0.15) is 0 Å². The Labute approximate surface area is 165 Å². The first-order valence-electron chi connectivity index (χ1n) is 8.93. The van der Waals surface area contributed by atoms with Gasteiger partial charge in [-0.15, -0.1) is 0 Å². The molecule has 0 saturated carbocycles. The van der Waals surface area contributed by atoms with E-state index >= 15 is 0 Å². The van der Waals surface area contributed by atoms with Crippen molar-refractivity contribution in [1.29, 1.82) is 0 Å². The smallest absolute Gasteiger partial charge is 0.212 e. The van der Waals surface area contributed by atoms with E-state index in [-0.39, 0.29) is 11.8 Å². The molecule has 3 rings (SSSR count). The van der Waals surface area contributed by atoms with Crippen LogP contribution in [-0.2, 0) is 28.6 Å². The van der Waals surface area contributed by atoms with Crippen LogP contribution < -0.4 is 4.72 Å². The average molecular weight is 412 g/mol. The Morgan fingerprint density at radius 1 is 1.04 bits per heavy atom. The fourth-order valence-electron chi connectivity index (χ4n) is 3.46. The molecule has 0 radical (unpaired) electrons. The first kappa shape index (κ1) is 19.7. The van der Waals surface area contributed by atoms with Crippen molar-refractivity contribution in [1.82, 2.24) is 4.72 Å². The van der Waals surface area contributed by atoms with Gasteiger partial charge in [0.2, 0.25) is 10.0 Å². The van der Waals surface area contributed by atoms with E-state index in [1.165, 1.54) is 24.0 Å². The van der Waals surface area contributed by atoms with Gasteiger partial charge in [0.15, 0.2) is 0 Å². The van der Waals surface area contributed by atoms with Gasteiger partial charge in [0, 0.05) is 16.1 Å². The molecule has 1 aliphatic rings. The van der Waals surface area contributed by atoms with E-state index in [0.717, 1.165) is 18.4 Å². The first-order chi connectivity index (χ1) is 12.4. The SMILES string of the molecule is CCC(NS(=O)(=O)Cc1ccc(Cl)cc1Cl)c1ccc2c(c1)CCCC2. The largest absolute Gasteiger partial charge is 0.216 e. The van der Waals surface area contributed by atoms with Crippen molar-refractivity contribution in [3.63, 3.8) is 0 Å². The molecule has 1 unspecified atom stereocenters. The van der Waals surface area contributed by atoms with E-state index in [1.807, 2.05) is 6.92 Å². The lowest BCUT2D eigenvalue weighted by molar-refractivity contribution is 0.548. The molecule has 2 aromatic carbocycles. The second-order valence-electron chi connectivity index (χ2n) is 6.81. The Kier molecular flexibility index (Phi) is 6.29. The lowest BCUT2D eigenvalue weighted by Gasteiger charge is -2.22. The van der Waals surface area contributed by atoms with Crippen LogP contribution in [-0.4, -0.2) is 8.42 Å². The van der Waals surface area contributed by atoms with E-state index in [4.69, 9.17) is 23.2 Å². The van der Waals surface area contributed by atoms with Crippen LogP contribution in [0.5, 0.6) is 0 Å². The summed E-state index contributed by atoms with van der Waals surface area (Å²) >= 11 is 12.0. The fourth-order valence-corrected chi connectivity index (χ4v) is 5.49. The Bertz CT molecular complexity index is 897. The summed E-state index contributed by atoms with van der Waals surface area (Å²) in [6, 6.07) is 11.0. The number of halogens is 2. The van der Waals surface area contributed by atoms with Gasteiger partial charge in [0.05, 0.1) is 5.75 Å². The molecule has 1 N–H and O–H groups in total. The Morgan fingerprint density at radius 2 is 1.77 bits per heavy atom. The molecule has 140 valence electrons. The number of nitrogens with one attached hydrogen (secondary N) is 1. The van der Waals surface area contributed by atoms with Gasteiger partial charge in [-0.25, -0.2) is 13.1 Å². The lowest BCUT2D eigenvalue weighted by atomic mass is 9.89. The number of aryl methyl sites for hydroxylation is 2. The highest BCUT2D eigenvalue weighted by Crippen LogP contribution is 2.27. The summed E-state index contributed by atoms with van der Waals surface area (Å²) in [5.74, 6) is -0.162. The highest BCUT2D eigenvalue weighted by Gasteiger charge is 2.21. The highest BCUT2D eigenvalue weighted by atomic mass is 35.5. The van der Waals surface area contributed by atoms with Crippen LogP contribution >= 0.6 is 23.2 Å². The maximum Gasteiger partial charge on any atom is 0.216 e. The number of hydrogen-bond acceptors (Lipinski definition) is 2. The summed E-state index contributed by atoms with van der Waals surface area (Å²) in [5, 5.41) is 0.856. The Balaban J connectivity index is 1.78. The zero-order valence-electron chi connectivity index (χ0n) is 14.8. The maximum atomic E-state index is 12.7. The average Bonchev–Trinajstić information content (AvgIpc) is 2.61. The molecule has 0 fully saturated rings. The minimum Gasteiger partial charge on any atom is -0.212 e. The summed E-state index contributed by atoms with van der Waals surface area (Å²) in [4.78, 5) is 0. The molecule has 0 aliphatic heterocycles. The topological polar surface area (TPSA) is 46.2 Å². The quantitative estimate of drug-likeness (QED) is 0.687. The van der Waals surface area contributed by atoms with Gasteiger partial charge < -0.3 is 0 Å². The van der Waals surface area contributed by atoms with Crippen molar-refractivity contribution >= 4 is 33.2 Å². The second-order valence-corrected chi connectivity index (χ2v) is 9.41. The second kappa shape index (κ2) is 8.30. The van der Waals surface area contributed by atoms with Crippen LogP contribution in [0.25, 0.3) is 0 Å². The van der Waals surface area contributed by atoms with E-state index in [2.05, 4.69) is 22.9 Å². The predicted octanol–water partition coefficient (Wildman–Crippen LogP) is 5.44. The van der Waals surface area contributed by atoms with Gasteiger partial charge in [0.25, 0.3) is 0 Å². The molecule has 1 aliphatic carbocycles. The molecule has 0 heterocycles. The van der Waals surface area contributed by atoms with Gasteiger partial charge >= 0.3 is 0 Å². The molecular formula is C20H23Cl2NO2S. The van der Waals surface area contributed by atoms with Crippen LogP contribution in [0.15, 0.2) is 36.4 Å². The molecule has 1 atom stereocenters. The van der Waals surface area contributed by atoms with Crippen LogP contribution in [0, 0.1) is 0 Å². The summed E-state index contributed by atoms with van der Waals surface area (Å²) in [7, 11) is -3.53. The molecule has 0 aromatic heterocycles. The molecule has 26 heavy (non-hydrogen) atoms.